The van der Waals surface area contributed by atoms with Crippen LogP contribution >= 0.6 is 11.8 Å². The van der Waals surface area contributed by atoms with Gasteiger partial charge in [0.15, 0.2) is 5.75 Å². The second kappa shape index (κ2) is 10.7. The van der Waals surface area contributed by atoms with Crippen molar-refractivity contribution in [1.29, 1.82) is 0 Å². The molecule has 0 saturated carbocycles. The van der Waals surface area contributed by atoms with E-state index in [4.69, 9.17) is 4.74 Å². The van der Waals surface area contributed by atoms with Crippen molar-refractivity contribution in [3.05, 3.63) is 109 Å². The van der Waals surface area contributed by atoms with Crippen molar-refractivity contribution in [2.24, 2.45) is 0 Å². The third-order valence-corrected chi connectivity index (χ3v) is 7.86. The molecule has 0 spiro atoms. The molecule has 0 unspecified atom stereocenters. The van der Waals surface area contributed by atoms with E-state index < -0.39 is 10.0 Å². The van der Waals surface area contributed by atoms with Crippen molar-refractivity contribution in [3.8, 4) is 11.5 Å². The number of hydrogen-bond donors (Lipinski definition) is 1. The van der Waals surface area contributed by atoms with Gasteiger partial charge < -0.3 is 10.1 Å². The number of carbonyl (C=O) groups is 1. The number of ether oxygens (including phenoxy) is 1. The van der Waals surface area contributed by atoms with Crippen LogP contribution in [0.1, 0.15) is 10.4 Å². The normalized spacial score (nSPS) is 11.0. The molecule has 4 aromatic rings. The average molecular weight is 505 g/mol. The Bertz CT molecular complexity index is 1410. The van der Waals surface area contributed by atoms with E-state index in [0.717, 1.165) is 4.90 Å². The molecule has 6 nitrogen and oxygen atoms in total. The maximum absolute atomic E-state index is 13.0. The van der Waals surface area contributed by atoms with Gasteiger partial charge >= 0.3 is 0 Å². The number of para-hydroxylation sites is 3. The zero-order chi connectivity index (χ0) is 24.8. The number of carbonyl (C=O) groups excluding carboxylic acids is 1. The van der Waals surface area contributed by atoms with Gasteiger partial charge in [0, 0.05) is 17.5 Å². The summed E-state index contributed by atoms with van der Waals surface area (Å²) >= 11 is 1.54. The van der Waals surface area contributed by atoms with E-state index >= 15 is 0 Å². The van der Waals surface area contributed by atoms with Gasteiger partial charge in [-0.25, -0.2) is 8.42 Å². The molecular formula is C27H24N2O4S2. The lowest BCUT2D eigenvalue weighted by molar-refractivity contribution is 0.102. The highest BCUT2D eigenvalue weighted by Crippen LogP contribution is 2.30. The number of sulfonamides is 1. The van der Waals surface area contributed by atoms with Crippen LogP contribution in [-0.4, -0.2) is 27.6 Å². The number of nitrogens with one attached hydrogen (secondary N) is 1. The molecule has 178 valence electrons. The summed E-state index contributed by atoms with van der Waals surface area (Å²) in [6.07, 6.45) is 1.93. The molecule has 1 N–H and O–H groups in total. The summed E-state index contributed by atoms with van der Waals surface area (Å²) in [6.45, 7) is 0. The largest absolute Gasteiger partial charge is 0.455 e. The third-order valence-electron chi connectivity index (χ3n) is 5.32. The minimum atomic E-state index is -3.73. The summed E-state index contributed by atoms with van der Waals surface area (Å²) in [5.41, 5.74) is 1.36. The Morgan fingerprint density at radius 1 is 0.829 bits per heavy atom. The minimum Gasteiger partial charge on any atom is -0.455 e. The van der Waals surface area contributed by atoms with Gasteiger partial charge in [-0.1, -0.05) is 30.3 Å². The van der Waals surface area contributed by atoms with Crippen LogP contribution in [0, 0.1) is 0 Å². The molecule has 0 fully saturated rings. The van der Waals surface area contributed by atoms with Gasteiger partial charge in [0.25, 0.3) is 15.9 Å². The predicted octanol–water partition coefficient (Wildman–Crippen LogP) is 6.28. The van der Waals surface area contributed by atoms with Crippen molar-refractivity contribution in [2.75, 3.05) is 22.9 Å². The maximum atomic E-state index is 13.0. The van der Waals surface area contributed by atoms with Gasteiger partial charge in [0.05, 0.1) is 16.3 Å². The van der Waals surface area contributed by atoms with E-state index in [0.29, 0.717) is 28.4 Å². The first-order chi connectivity index (χ1) is 16.9. The van der Waals surface area contributed by atoms with E-state index in [1.54, 1.807) is 72.4 Å². The van der Waals surface area contributed by atoms with E-state index in [1.807, 2.05) is 48.7 Å². The lowest BCUT2D eigenvalue weighted by Gasteiger charge is -2.20. The summed E-state index contributed by atoms with van der Waals surface area (Å²) < 4.78 is 33.1. The zero-order valence-electron chi connectivity index (χ0n) is 19.2. The molecule has 4 rings (SSSR count). The Kier molecular flexibility index (Phi) is 7.43. The SMILES string of the molecule is CSc1ccc(S(=O)(=O)N(C)c2ccc(C(=O)Nc3ccccc3Oc3ccccc3)cc2)cc1. The molecule has 0 aliphatic carbocycles. The van der Waals surface area contributed by atoms with Gasteiger partial charge in [0.1, 0.15) is 5.75 Å². The number of benzene rings is 4. The molecule has 0 atom stereocenters. The van der Waals surface area contributed by atoms with Crippen molar-refractivity contribution in [1.82, 2.24) is 0 Å². The zero-order valence-corrected chi connectivity index (χ0v) is 20.8. The van der Waals surface area contributed by atoms with Crippen LogP contribution in [0.2, 0.25) is 0 Å². The molecule has 35 heavy (non-hydrogen) atoms. The number of nitrogens with zero attached hydrogens (tertiary/aromatic N) is 1. The summed E-state index contributed by atoms with van der Waals surface area (Å²) in [7, 11) is -2.24. The molecule has 0 aliphatic rings. The lowest BCUT2D eigenvalue weighted by atomic mass is 10.2. The van der Waals surface area contributed by atoms with Gasteiger partial charge in [-0.2, -0.15) is 0 Å². The van der Waals surface area contributed by atoms with E-state index in [1.165, 1.54) is 11.4 Å². The topological polar surface area (TPSA) is 75.7 Å². The fraction of sp³-hybridized carbons (Fsp3) is 0.0741. The van der Waals surface area contributed by atoms with E-state index in [9.17, 15) is 13.2 Å². The average Bonchev–Trinajstić information content (AvgIpc) is 2.90. The van der Waals surface area contributed by atoms with E-state index in [2.05, 4.69) is 5.32 Å². The van der Waals surface area contributed by atoms with Gasteiger partial charge in [-0.05, 0) is 79.1 Å². The van der Waals surface area contributed by atoms with Crippen LogP contribution in [0.5, 0.6) is 11.5 Å². The molecular weight excluding hydrogens is 480 g/mol. The molecule has 0 radical (unpaired) electrons. The molecule has 0 heterocycles. The number of anilines is 2. The fourth-order valence-electron chi connectivity index (χ4n) is 3.34. The quantitative estimate of drug-likeness (QED) is 0.286. The van der Waals surface area contributed by atoms with Crippen molar-refractivity contribution >= 4 is 39.1 Å². The molecule has 0 saturated heterocycles. The van der Waals surface area contributed by atoms with Crippen LogP contribution in [-0.2, 0) is 10.0 Å². The number of amides is 1. The summed E-state index contributed by atoms with van der Waals surface area (Å²) in [4.78, 5) is 14.1. The maximum Gasteiger partial charge on any atom is 0.264 e. The fourth-order valence-corrected chi connectivity index (χ4v) is 4.94. The Morgan fingerprint density at radius 2 is 1.46 bits per heavy atom. The van der Waals surface area contributed by atoms with Crippen molar-refractivity contribution in [2.45, 2.75) is 9.79 Å². The minimum absolute atomic E-state index is 0.203. The van der Waals surface area contributed by atoms with Gasteiger partial charge in [0.2, 0.25) is 0 Å². The Balaban J connectivity index is 1.49. The summed E-state index contributed by atoms with van der Waals surface area (Å²) in [5.74, 6) is 0.840. The monoisotopic (exact) mass is 504 g/mol. The second-order valence-electron chi connectivity index (χ2n) is 7.56. The van der Waals surface area contributed by atoms with Crippen molar-refractivity contribution < 1.29 is 17.9 Å². The van der Waals surface area contributed by atoms with Crippen LogP contribution in [0.15, 0.2) is 113 Å². The third kappa shape index (κ3) is 5.67. The van der Waals surface area contributed by atoms with Gasteiger partial charge in [-0.15, -0.1) is 11.8 Å². The Labute approximate surface area is 209 Å². The first-order valence-electron chi connectivity index (χ1n) is 10.7. The number of hydrogen-bond acceptors (Lipinski definition) is 5. The second-order valence-corrected chi connectivity index (χ2v) is 10.4. The van der Waals surface area contributed by atoms with Crippen LogP contribution in [0.3, 0.4) is 0 Å². The standard InChI is InChI=1S/C27H24N2O4S2/c1-29(35(31,32)24-18-16-23(34-2)17-19-24)21-14-12-20(13-15-21)27(30)28-25-10-6-7-11-26(25)33-22-8-4-3-5-9-22/h3-19H,1-2H3,(H,28,30). The van der Waals surface area contributed by atoms with Crippen LogP contribution < -0.4 is 14.4 Å². The highest BCUT2D eigenvalue weighted by atomic mass is 32.2. The van der Waals surface area contributed by atoms with Crippen LogP contribution in [0.4, 0.5) is 11.4 Å². The van der Waals surface area contributed by atoms with Crippen molar-refractivity contribution in [3.63, 3.8) is 0 Å². The molecule has 1 amide bonds. The molecule has 0 bridgehead atoms. The molecule has 0 aromatic heterocycles. The summed E-state index contributed by atoms with van der Waals surface area (Å²) in [6, 6.07) is 29.6. The van der Waals surface area contributed by atoms with Crippen LogP contribution in [0.25, 0.3) is 0 Å². The molecule has 8 heteroatoms. The molecule has 0 aliphatic heterocycles. The first-order valence-corrected chi connectivity index (χ1v) is 13.4. The van der Waals surface area contributed by atoms with Gasteiger partial charge in [-0.3, -0.25) is 9.10 Å². The molecule has 4 aromatic carbocycles. The highest BCUT2D eigenvalue weighted by Gasteiger charge is 2.21. The predicted molar refractivity (Wildman–Crippen MR) is 141 cm³/mol. The Morgan fingerprint density at radius 3 is 2.11 bits per heavy atom. The Hall–Kier alpha value is -3.75. The van der Waals surface area contributed by atoms with E-state index in [-0.39, 0.29) is 10.8 Å². The number of rotatable bonds is 8. The summed E-state index contributed by atoms with van der Waals surface area (Å²) in [5, 5.41) is 2.86. The first kappa shape index (κ1) is 24.4. The smallest absolute Gasteiger partial charge is 0.264 e. The number of thioether (sulfide) groups is 1. The lowest BCUT2D eigenvalue weighted by Crippen LogP contribution is -2.26. The highest BCUT2D eigenvalue weighted by molar-refractivity contribution is 7.98.